The van der Waals surface area contributed by atoms with Crippen LogP contribution in [0.4, 0.5) is 11.4 Å². The van der Waals surface area contributed by atoms with Crippen molar-refractivity contribution in [2.45, 2.75) is 23.6 Å². The fourth-order valence-electron chi connectivity index (χ4n) is 2.57. The van der Waals surface area contributed by atoms with Gasteiger partial charge in [-0.25, -0.2) is 16.8 Å². The first-order chi connectivity index (χ1) is 13.5. The Labute approximate surface area is 177 Å². The predicted molar refractivity (Wildman–Crippen MR) is 110 cm³/mol. The van der Waals surface area contributed by atoms with E-state index in [1.165, 1.54) is 50.2 Å². The minimum Gasteiger partial charge on any atom is -0.360 e. The fourth-order valence-corrected chi connectivity index (χ4v) is 5.66. The summed E-state index contributed by atoms with van der Waals surface area (Å²) >= 11 is 11.8. The molecule has 0 aliphatic heterocycles. The molecule has 0 fully saturated rings. The van der Waals surface area contributed by atoms with Crippen molar-refractivity contribution >= 4 is 54.6 Å². The summed E-state index contributed by atoms with van der Waals surface area (Å²) in [4.78, 5) is -0.413. The molecule has 0 spiro atoms. The van der Waals surface area contributed by atoms with E-state index in [1.54, 1.807) is 0 Å². The molecule has 154 valence electrons. The zero-order valence-electron chi connectivity index (χ0n) is 15.1. The molecule has 0 unspecified atom stereocenters. The first-order valence-electron chi connectivity index (χ1n) is 8.03. The summed E-state index contributed by atoms with van der Waals surface area (Å²) < 4.78 is 60.3. The predicted octanol–water partition coefficient (Wildman–Crippen LogP) is 4.20. The number of sulfonamides is 2. The van der Waals surface area contributed by atoms with E-state index in [4.69, 9.17) is 27.7 Å². The fraction of sp³-hybridized carbons (Fsp3) is 0.118. The molecule has 1 aromatic heterocycles. The molecule has 29 heavy (non-hydrogen) atoms. The van der Waals surface area contributed by atoms with Crippen molar-refractivity contribution in [3.63, 3.8) is 0 Å². The lowest BCUT2D eigenvalue weighted by molar-refractivity contribution is 0.390. The number of nitrogens with one attached hydrogen (secondary N) is 2. The van der Waals surface area contributed by atoms with Crippen molar-refractivity contribution < 1.29 is 21.4 Å². The van der Waals surface area contributed by atoms with Gasteiger partial charge in [0, 0.05) is 10.7 Å². The molecule has 0 amide bonds. The second-order valence-electron chi connectivity index (χ2n) is 6.02. The number of hydrogen-bond donors (Lipinski definition) is 2. The van der Waals surface area contributed by atoms with Gasteiger partial charge in [0.25, 0.3) is 20.0 Å². The van der Waals surface area contributed by atoms with E-state index in [0.717, 1.165) is 6.07 Å². The number of rotatable bonds is 6. The summed E-state index contributed by atoms with van der Waals surface area (Å²) in [5, 5.41) is 3.99. The van der Waals surface area contributed by atoms with E-state index >= 15 is 0 Å². The number of benzene rings is 2. The van der Waals surface area contributed by atoms with Gasteiger partial charge in [-0.05, 0) is 56.3 Å². The van der Waals surface area contributed by atoms with Crippen molar-refractivity contribution in [2.24, 2.45) is 0 Å². The smallest absolute Gasteiger partial charge is 0.267 e. The van der Waals surface area contributed by atoms with Crippen molar-refractivity contribution in [3.8, 4) is 0 Å². The highest BCUT2D eigenvalue weighted by Crippen LogP contribution is 2.29. The van der Waals surface area contributed by atoms with Crippen molar-refractivity contribution in [1.29, 1.82) is 0 Å². The number of nitrogens with zero attached hydrogens (tertiary/aromatic N) is 1. The lowest BCUT2D eigenvalue weighted by atomic mass is 10.3. The maximum absolute atomic E-state index is 12.7. The van der Waals surface area contributed by atoms with Crippen LogP contribution in [0.3, 0.4) is 0 Å². The Bertz CT molecular complexity index is 1250. The summed E-state index contributed by atoms with van der Waals surface area (Å²) in [7, 11) is -8.15. The summed E-state index contributed by atoms with van der Waals surface area (Å²) in [5.41, 5.74) is 0.458. The zero-order chi connectivity index (χ0) is 21.4. The second kappa shape index (κ2) is 7.86. The van der Waals surface area contributed by atoms with Crippen LogP contribution < -0.4 is 9.44 Å². The third-order valence-corrected chi connectivity index (χ3v) is 7.55. The van der Waals surface area contributed by atoms with E-state index in [1.807, 2.05) is 0 Å². The SMILES string of the molecule is Cc1noc(C)c1S(=O)(=O)Nc1ccc(Cl)c(S(=O)(=O)Nc2ccc(Cl)cc2)c1. The molecule has 2 aromatic carbocycles. The molecule has 8 nitrogen and oxygen atoms in total. The monoisotopic (exact) mass is 475 g/mol. The highest BCUT2D eigenvalue weighted by Gasteiger charge is 2.25. The minimum absolute atomic E-state index is 0.00545. The van der Waals surface area contributed by atoms with Crippen LogP contribution >= 0.6 is 23.2 Å². The Morgan fingerprint density at radius 1 is 0.862 bits per heavy atom. The number of halogens is 2. The summed E-state index contributed by atoms with van der Waals surface area (Å²) in [6.07, 6.45) is 0. The highest BCUT2D eigenvalue weighted by atomic mass is 35.5. The molecule has 3 rings (SSSR count). The third-order valence-electron chi connectivity index (χ3n) is 3.81. The van der Waals surface area contributed by atoms with Gasteiger partial charge in [-0.3, -0.25) is 9.44 Å². The van der Waals surface area contributed by atoms with Gasteiger partial charge in [0.1, 0.15) is 10.6 Å². The van der Waals surface area contributed by atoms with Gasteiger partial charge in [-0.2, -0.15) is 0 Å². The van der Waals surface area contributed by atoms with E-state index in [9.17, 15) is 16.8 Å². The maximum atomic E-state index is 12.7. The molecule has 0 saturated carbocycles. The highest BCUT2D eigenvalue weighted by molar-refractivity contribution is 7.93. The number of aromatic nitrogens is 1. The molecular weight excluding hydrogens is 461 g/mol. The molecular formula is C17H15Cl2N3O5S2. The van der Waals surface area contributed by atoms with E-state index < -0.39 is 20.0 Å². The van der Waals surface area contributed by atoms with Gasteiger partial charge in [-0.1, -0.05) is 28.4 Å². The third kappa shape index (κ3) is 4.67. The number of aryl methyl sites for hydroxylation is 2. The van der Waals surface area contributed by atoms with Crippen LogP contribution in [-0.2, 0) is 20.0 Å². The molecule has 0 atom stereocenters. The van der Waals surface area contributed by atoms with Gasteiger partial charge < -0.3 is 4.52 Å². The average molecular weight is 476 g/mol. The van der Waals surface area contributed by atoms with Gasteiger partial charge >= 0.3 is 0 Å². The van der Waals surface area contributed by atoms with Crippen LogP contribution in [0.25, 0.3) is 0 Å². The van der Waals surface area contributed by atoms with Crippen molar-refractivity contribution in [1.82, 2.24) is 5.16 Å². The minimum atomic E-state index is -4.10. The summed E-state index contributed by atoms with van der Waals surface area (Å²) in [6, 6.07) is 9.76. The molecule has 0 aliphatic carbocycles. The summed E-state index contributed by atoms with van der Waals surface area (Å²) in [6.45, 7) is 2.95. The topological polar surface area (TPSA) is 118 Å². The van der Waals surface area contributed by atoms with Crippen LogP contribution in [0.1, 0.15) is 11.5 Å². The first kappa shape index (κ1) is 21.4. The van der Waals surface area contributed by atoms with E-state index in [0.29, 0.717) is 5.02 Å². The largest absolute Gasteiger partial charge is 0.360 e. The van der Waals surface area contributed by atoms with Crippen molar-refractivity contribution in [3.05, 3.63) is 64.0 Å². The molecule has 12 heteroatoms. The Hall–Kier alpha value is -2.27. The lowest BCUT2D eigenvalue weighted by Gasteiger charge is -2.12. The Balaban J connectivity index is 1.95. The molecule has 0 radical (unpaired) electrons. The maximum Gasteiger partial charge on any atom is 0.267 e. The molecule has 0 saturated heterocycles. The van der Waals surface area contributed by atoms with Crippen LogP contribution in [0, 0.1) is 13.8 Å². The quantitative estimate of drug-likeness (QED) is 0.551. The van der Waals surface area contributed by atoms with Crippen LogP contribution in [0.5, 0.6) is 0 Å². The average Bonchev–Trinajstić information content (AvgIpc) is 2.97. The molecule has 0 bridgehead atoms. The number of hydrogen-bond acceptors (Lipinski definition) is 6. The van der Waals surface area contributed by atoms with Crippen LogP contribution in [-0.4, -0.2) is 22.0 Å². The number of anilines is 2. The van der Waals surface area contributed by atoms with Crippen LogP contribution in [0.15, 0.2) is 56.8 Å². The summed E-state index contributed by atoms with van der Waals surface area (Å²) in [5.74, 6) is 0.112. The zero-order valence-corrected chi connectivity index (χ0v) is 18.2. The van der Waals surface area contributed by atoms with Gasteiger partial charge in [-0.15, -0.1) is 0 Å². The van der Waals surface area contributed by atoms with E-state index in [-0.39, 0.29) is 37.6 Å². The Morgan fingerprint density at radius 2 is 1.45 bits per heavy atom. The standard InChI is InChI=1S/C17H15Cl2N3O5S2/c1-10-17(11(2)27-20-10)29(25,26)22-14-7-8-15(19)16(9-14)28(23,24)21-13-5-3-12(18)4-6-13/h3-9,21-22H,1-2H3. The molecule has 1 heterocycles. The Morgan fingerprint density at radius 3 is 2.03 bits per heavy atom. The van der Waals surface area contributed by atoms with Gasteiger partial charge in [0.05, 0.1) is 10.7 Å². The van der Waals surface area contributed by atoms with Gasteiger partial charge in [0.15, 0.2) is 10.7 Å². The molecule has 3 aromatic rings. The Kier molecular flexibility index (Phi) is 5.81. The first-order valence-corrected chi connectivity index (χ1v) is 11.8. The van der Waals surface area contributed by atoms with E-state index in [2.05, 4.69) is 14.6 Å². The molecule has 2 N–H and O–H groups in total. The van der Waals surface area contributed by atoms with Crippen molar-refractivity contribution in [2.75, 3.05) is 9.44 Å². The van der Waals surface area contributed by atoms with Crippen LogP contribution in [0.2, 0.25) is 10.0 Å². The molecule has 0 aliphatic rings. The lowest BCUT2D eigenvalue weighted by Crippen LogP contribution is -2.16. The second-order valence-corrected chi connectivity index (χ2v) is 10.1. The normalized spacial score (nSPS) is 12.0. The van der Waals surface area contributed by atoms with Gasteiger partial charge in [0.2, 0.25) is 0 Å².